The van der Waals surface area contributed by atoms with Crippen LogP contribution in [0.25, 0.3) is 10.2 Å². The van der Waals surface area contributed by atoms with Crippen molar-refractivity contribution in [2.24, 2.45) is 0 Å². The quantitative estimate of drug-likeness (QED) is 0.634. The molecule has 0 unspecified atom stereocenters. The lowest BCUT2D eigenvalue weighted by Gasteiger charge is -1.92. The Balaban J connectivity index is 2.79. The summed E-state index contributed by atoms with van der Waals surface area (Å²) in [6.07, 6.45) is 0. The van der Waals surface area contributed by atoms with E-state index in [9.17, 15) is 4.39 Å². The SMILES string of the molecule is F[CH]c1cccc2scnc12. The van der Waals surface area contributed by atoms with Gasteiger partial charge in [0.1, 0.15) is 0 Å². The van der Waals surface area contributed by atoms with Crippen LogP contribution in [0.4, 0.5) is 4.39 Å². The first kappa shape index (κ1) is 6.73. The maximum absolute atomic E-state index is 12.2. The van der Waals surface area contributed by atoms with Crippen molar-refractivity contribution in [2.45, 2.75) is 0 Å². The van der Waals surface area contributed by atoms with Gasteiger partial charge in [0.25, 0.3) is 0 Å². The molecule has 0 N–H and O–H groups in total. The zero-order chi connectivity index (χ0) is 7.68. The van der Waals surface area contributed by atoms with Gasteiger partial charge in [0.15, 0.2) is 6.67 Å². The van der Waals surface area contributed by atoms with Gasteiger partial charge in [-0.2, -0.15) is 0 Å². The molecular weight excluding hydrogens is 161 g/mol. The standard InChI is InChI=1S/C8H5FNS/c9-4-6-2-1-3-7-8(6)10-5-11-7/h1-5H. The molecule has 0 aliphatic rings. The number of nitrogens with zero attached hydrogens (tertiary/aromatic N) is 1. The molecule has 0 amide bonds. The van der Waals surface area contributed by atoms with Gasteiger partial charge in [-0.1, -0.05) is 12.1 Å². The van der Waals surface area contributed by atoms with E-state index in [-0.39, 0.29) is 0 Å². The molecule has 0 saturated heterocycles. The maximum Gasteiger partial charge on any atom is 0.163 e. The maximum atomic E-state index is 12.2. The summed E-state index contributed by atoms with van der Waals surface area (Å²) in [6, 6.07) is 5.47. The smallest absolute Gasteiger partial charge is 0.163 e. The highest BCUT2D eigenvalue weighted by molar-refractivity contribution is 7.16. The Labute approximate surface area is 67.5 Å². The minimum absolute atomic E-state index is 0.559. The predicted molar refractivity (Wildman–Crippen MR) is 44.1 cm³/mol. The molecule has 55 valence electrons. The molecule has 0 spiro atoms. The van der Waals surface area contributed by atoms with Crippen molar-refractivity contribution >= 4 is 21.6 Å². The van der Waals surface area contributed by atoms with Gasteiger partial charge in [0.05, 0.1) is 15.7 Å². The van der Waals surface area contributed by atoms with Crippen LogP contribution in [0.1, 0.15) is 5.56 Å². The Hall–Kier alpha value is -0.960. The molecule has 2 aromatic rings. The molecule has 1 aromatic carbocycles. The summed E-state index contributed by atoms with van der Waals surface area (Å²) in [5.74, 6) is 0. The zero-order valence-corrected chi connectivity index (χ0v) is 6.44. The number of hydrogen-bond acceptors (Lipinski definition) is 2. The molecule has 1 aromatic heterocycles. The van der Waals surface area contributed by atoms with E-state index in [0.717, 1.165) is 10.2 Å². The van der Waals surface area contributed by atoms with Crippen LogP contribution < -0.4 is 0 Å². The summed E-state index contributed by atoms with van der Waals surface area (Å²) in [5, 5.41) is 0. The van der Waals surface area contributed by atoms with Crippen LogP contribution in [-0.4, -0.2) is 4.98 Å². The first-order valence-corrected chi connectivity index (χ1v) is 4.05. The molecule has 1 heterocycles. The lowest BCUT2D eigenvalue weighted by Crippen LogP contribution is -1.77. The number of para-hydroxylation sites is 1. The predicted octanol–water partition coefficient (Wildman–Crippen LogP) is 2.78. The van der Waals surface area contributed by atoms with Gasteiger partial charge in [-0.15, -0.1) is 11.3 Å². The van der Waals surface area contributed by atoms with Crippen molar-refractivity contribution in [3.63, 3.8) is 0 Å². The summed E-state index contributed by atoms with van der Waals surface area (Å²) < 4.78 is 13.2. The molecule has 0 aliphatic carbocycles. The summed E-state index contributed by atoms with van der Waals surface area (Å²) in [4.78, 5) is 4.04. The summed E-state index contributed by atoms with van der Waals surface area (Å²) >= 11 is 1.52. The highest BCUT2D eigenvalue weighted by Gasteiger charge is 2.01. The Kier molecular flexibility index (Phi) is 1.58. The largest absolute Gasteiger partial charge is 0.244 e. The Bertz CT molecular complexity index is 369. The van der Waals surface area contributed by atoms with E-state index >= 15 is 0 Å². The lowest BCUT2D eigenvalue weighted by atomic mass is 10.2. The highest BCUT2D eigenvalue weighted by atomic mass is 32.1. The minimum Gasteiger partial charge on any atom is -0.244 e. The summed E-state index contributed by atoms with van der Waals surface area (Å²) in [5.41, 5.74) is 3.03. The average molecular weight is 166 g/mol. The van der Waals surface area contributed by atoms with E-state index in [1.165, 1.54) is 11.3 Å². The van der Waals surface area contributed by atoms with Gasteiger partial charge < -0.3 is 0 Å². The fourth-order valence-corrected chi connectivity index (χ4v) is 1.71. The highest BCUT2D eigenvalue weighted by Crippen LogP contribution is 2.22. The van der Waals surface area contributed by atoms with Gasteiger partial charge in [0.2, 0.25) is 0 Å². The number of benzene rings is 1. The fourth-order valence-electron chi connectivity index (χ4n) is 0.996. The number of rotatable bonds is 1. The molecule has 1 radical (unpaired) electrons. The van der Waals surface area contributed by atoms with Crippen molar-refractivity contribution in [1.82, 2.24) is 4.98 Å². The van der Waals surface area contributed by atoms with Gasteiger partial charge in [0, 0.05) is 5.56 Å². The van der Waals surface area contributed by atoms with Gasteiger partial charge >= 0.3 is 0 Å². The molecule has 3 heteroatoms. The van der Waals surface area contributed by atoms with Crippen LogP contribution in [0.5, 0.6) is 0 Å². The van der Waals surface area contributed by atoms with E-state index in [1.54, 1.807) is 11.6 Å². The summed E-state index contributed by atoms with van der Waals surface area (Å²) in [7, 11) is 0. The van der Waals surface area contributed by atoms with Crippen molar-refractivity contribution < 1.29 is 4.39 Å². The van der Waals surface area contributed by atoms with Crippen LogP contribution in [0, 0.1) is 6.67 Å². The van der Waals surface area contributed by atoms with Gasteiger partial charge in [-0.25, -0.2) is 9.37 Å². The lowest BCUT2D eigenvalue weighted by molar-refractivity contribution is 0.648. The first-order chi connectivity index (χ1) is 5.42. The second-order valence-electron chi connectivity index (χ2n) is 2.16. The topological polar surface area (TPSA) is 12.9 Å². The molecule has 0 aliphatic heterocycles. The van der Waals surface area contributed by atoms with Crippen LogP contribution >= 0.6 is 11.3 Å². The van der Waals surface area contributed by atoms with E-state index in [2.05, 4.69) is 4.98 Å². The molecule has 0 atom stereocenters. The molecule has 1 nitrogen and oxygen atoms in total. The van der Waals surface area contributed by atoms with Crippen molar-refractivity contribution in [2.75, 3.05) is 0 Å². The molecule has 11 heavy (non-hydrogen) atoms. The van der Waals surface area contributed by atoms with Crippen LogP contribution in [0.2, 0.25) is 0 Å². The molecular formula is C8H5FNS. The third kappa shape index (κ3) is 1.01. The number of aromatic nitrogens is 1. The average Bonchev–Trinajstić information content (AvgIpc) is 2.50. The third-order valence-electron chi connectivity index (χ3n) is 1.51. The fraction of sp³-hybridized carbons (Fsp3) is 0. The van der Waals surface area contributed by atoms with Crippen LogP contribution in [-0.2, 0) is 0 Å². The molecule has 0 fully saturated rings. The van der Waals surface area contributed by atoms with Gasteiger partial charge in [-0.3, -0.25) is 0 Å². The number of halogens is 1. The monoisotopic (exact) mass is 166 g/mol. The van der Waals surface area contributed by atoms with Crippen LogP contribution in [0.15, 0.2) is 23.7 Å². The number of fused-ring (bicyclic) bond motifs is 1. The minimum atomic E-state index is 0.559. The second-order valence-corrected chi connectivity index (χ2v) is 3.04. The van der Waals surface area contributed by atoms with Gasteiger partial charge in [-0.05, 0) is 6.07 Å². The zero-order valence-electron chi connectivity index (χ0n) is 5.62. The van der Waals surface area contributed by atoms with Crippen LogP contribution in [0.3, 0.4) is 0 Å². The van der Waals surface area contributed by atoms with E-state index in [4.69, 9.17) is 0 Å². The molecule has 2 rings (SSSR count). The summed E-state index contributed by atoms with van der Waals surface area (Å²) in [6.45, 7) is 0.585. The molecule has 0 saturated carbocycles. The Morgan fingerprint density at radius 3 is 3.18 bits per heavy atom. The van der Waals surface area contributed by atoms with E-state index in [0.29, 0.717) is 12.2 Å². The van der Waals surface area contributed by atoms with E-state index in [1.807, 2.05) is 12.1 Å². The normalized spacial score (nSPS) is 10.6. The third-order valence-corrected chi connectivity index (χ3v) is 2.30. The molecule has 0 bridgehead atoms. The van der Waals surface area contributed by atoms with Crippen molar-refractivity contribution in [3.8, 4) is 0 Å². The number of hydrogen-bond donors (Lipinski definition) is 0. The van der Waals surface area contributed by atoms with Crippen molar-refractivity contribution in [1.29, 1.82) is 0 Å². The second kappa shape index (κ2) is 2.58. The first-order valence-electron chi connectivity index (χ1n) is 3.17. The van der Waals surface area contributed by atoms with Crippen molar-refractivity contribution in [3.05, 3.63) is 35.9 Å². The Morgan fingerprint density at radius 2 is 2.36 bits per heavy atom. The number of thiazole rings is 1. The Morgan fingerprint density at radius 1 is 1.45 bits per heavy atom. The van der Waals surface area contributed by atoms with E-state index < -0.39 is 0 Å².